The molecule has 0 fully saturated rings. The van der Waals surface area contributed by atoms with Gasteiger partial charge in [0.15, 0.2) is 0 Å². The van der Waals surface area contributed by atoms with Gasteiger partial charge in [-0.3, -0.25) is 4.79 Å². The Labute approximate surface area is 139 Å². The second-order valence-corrected chi connectivity index (χ2v) is 6.27. The maximum atomic E-state index is 12.4. The highest BCUT2D eigenvalue weighted by Gasteiger charge is 2.32. The second kappa shape index (κ2) is 5.43. The van der Waals surface area contributed by atoms with Crippen molar-refractivity contribution >= 4 is 34.2 Å². The Morgan fingerprint density at radius 3 is 2.87 bits per heavy atom. The molecule has 2 aromatic carbocycles. The third-order valence-corrected chi connectivity index (χ3v) is 4.71. The van der Waals surface area contributed by atoms with Crippen LogP contribution in [0.4, 0.5) is 5.69 Å². The summed E-state index contributed by atoms with van der Waals surface area (Å²) in [5.74, 6) is 0.749. The number of hydrogen-bond acceptors (Lipinski definition) is 2. The van der Waals surface area contributed by atoms with Crippen molar-refractivity contribution in [2.75, 3.05) is 5.32 Å². The van der Waals surface area contributed by atoms with Crippen LogP contribution in [0.2, 0.25) is 5.02 Å². The highest BCUT2D eigenvalue weighted by Crippen LogP contribution is 2.39. The average molecular weight is 326 g/mol. The zero-order valence-corrected chi connectivity index (χ0v) is 13.5. The fourth-order valence-corrected chi connectivity index (χ4v) is 3.54. The molecule has 1 aliphatic heterocycles. The van der Waals surface area contributed by atoms with Gasteiger partial charge in [-0.1, -0.05) is 36.7 Å². The Morgan fingerprint density at radius 2 is 2.04 bits per heavy atom. The van der Waals surface area contributed by atoms with E-state index in [1.54, 1.807) is 6.07 Å². The van der Waals surface area contributed by atoms with Crippen molar-refractivity contribution in [2.24, 2.45) is 0 Å². The third-order valence-electron chi connectivity index (χ3n) is 4.47. The van der Waals surface area contributed by atoms with Gasteiger partial charge in [-0.2, -0.15) is 0 Å². The molecule has 0 unspecified atom stereocenters. The lowest BCUT2D eigenvalue weighted by Gasteiger charge is -2.09. The molecule has 1 N–H and O–H groups in total. The van der Waals surface area contributed by atoms with Crippen LogP contribution < -0.4 is 5.32 Å². The molecule has 0 saturated carbocycles. The quantitative estimate of drug-likeness (QED) is 0.742. The minimum absolute atomic E-state index is 0.0228. The van der Waals surface area contributed by atoms with Gasteiger partial charge >= 0.3 is 0 Å². The number of fused-ring (bicyclic) bond motifs is 2. The summed E-state index contributed by atoms with van der Waals surface area (Å²) >= 11 is 6.11. The van der Waals surface area contributed by atoms with E-state index in [9.17, 15) is 4.79 Å². The van der Waals surface area contributed by atoms with Gasteiger partial charge in [-0.15, -0.1) is 0 Å². The lowest BCUT2D eigenvalue weighted by molar-refractivity contribution is -0.117. The molecule has 0 radical (unpaired) electrons. The summed E-state index contributed by atoms with van der Waals surface area (Å²) in [5.41, 5.74) is 3.82. The normalized spacial score (nSPS) is 16.6. The summed E-state index contributed by atoms with van der Waals surface area (Å²) in [6.07, 6.45) is 1.43. The maximum Gasteiger partial charge on any atom is 0.232 e. The fourth-order valence-electron chi connectivity index (χ4n) is 3.36. The van der Waals surface area contributed by atoms with Crippen LogP contribution in [0.5, 0.6) is 0 Å². The molecule has 116 valence electrons. The summed E-state index contributed by atoms with van der Waals surface area (Å²) in [6.45, 7) is 2.07. The SMILES string of the molecule is CCc1oc2ccccc2c1C[C@H]1C(=O)Nc2ccc(Cl)cc21. The topological polar surface area (TPSA) is 42.2 Å². The lowest BCUT2D eigenvalue weighted by Crippen LogP contribution is -2.14. The molecule has 4 rings (SSSR count). The van der Waals surface area contributed by atoms with E-state index in [1.165, 1.54) is 0 Å². The Bertz CT molecular complexity index is 913. The molecule has 3 aromatic rings. The third kappa shape index (κ3) is 2.32. The van der Waals surface area contributed by atoms with Gasteiger partial charge < -0.3 is 9.73 Å². The second-order valence-electron chi connectivity index (χ2n) is 5.83. The molecule has 23 heavy (non-hydrogen) atoms. The average Bonchev–Trinajstić information content (AvgIpc) is 3.06. The van der Waals surface area contributed by atoms with Gasteiger partial charge in [0.2, 0.25) is 5.91 Å². The van der Waals surface area contributed by atoms with E-state index < -0.39 is 0 Å². The Morgan fingerprint density at radius 1 is 1.22 bits per heavy atom. The molecular weight excluding hydrogens is 310 g/mol. The summed E-state index contributed by atoms with van der Waals surface area (Å²) in [4.78, 5) is 12.4. The number of hydrogen-bond donors (Lipinski definition) is 1. The van der Waals surface area contributed by atoms with Gasteiger partial charge in [0.05, 0.1) is 5.92 Å². The predicted molar refractivity (Wildman–Crippen MR) is 92.1 cm³/mol. The molecule has 1 aromatic heterocycles. The number of anilines is 1. The van der Waals surface area contributed by atoms with Crippen LogP contribution in [0.1, 0.15) is 29.7 Å². The van der Waals surface area contributed by atoms with E-state index in [0.29, 0.717) is 11.4 Å². The fraction of sp³-hybridized carbons (Fsp3) is 0.211. The molecular formula is C19H16ClNO2. The van der Waals surface area contributed by atoms with Crippen LogP contribution >= 0.6 is 11.6 Å². The monoisotopic (exact) mass is 325 g/mol. The number of rotatable bonds is 3. The summed E-state index contributed by atoms with van der Waals surface area (Å²) in [5, 5.41) is 4.69. The number of nitrogens with one attached hydrogen (secondary N) is 1. The van der Waals surface area contributed by atoms with Crippen molar-refractivity contribution < 1.29 is 9.21 Å². The van der Waals surface area contributed by atoms with Crippen LogP contribution in [0, 0.1) is 0 Å². The van der Waals surface area contributed by atoms with Crippen LogP contribution in [-0.2, 0) is 17.6 Å². The molecule has 0 spiro atoms. The number of amides is 1. The first-order valence-corrected chi connectivity index (χ1v) is 8.14. The van der Waals surface area contributed by atoms with E-state index in [1.807, 2.05) is 30.3 Å². The molecule has 1 atom stereocenters. The Kier molecular flexibility index (Phi) is 3.38. The van der Waals surface area contributed by atoms with E-state index in [4.69, 9.17) is 16.0 Å². The van der Waals surface area contributed by atoms with E-state index >= 15 is 0 Å². The maximum absolute atomic E-state index is 12.4. The van der Waals surface area contributed by atoms with Crippen LogP contribution in [0.3, 0.4) is 0 Å². The molecule has 0 aliphatic carbocycles. The standard InChI is InChI=1S/C19H16ClNO2/c1-2-17-14(12-5-3-4-6-18(12)23-17)10-15-13-9-11(20)7-8-16(13)21-19(15)22/h3-9,15H,2,10H2,1H3,(H,21,22)/t15-/m1/s1. The van der Waals surface area contributed by atoms with Gasteiger partial charge in [0.25, 0.3) is 0 Å². The summed E-state index contributed by atoms with van der Waals surface area (Å²) in [7, 11) is 0. The van der Waals surface area contributed by atoms with E-state index in [0.717, 1.165) is 40.0 Å². The zero-order chi connectivity index (χ0) is 16.0. The van der Waals surface area contributed by atoms with Crippen LogP contribution in [0.25, 0.3) is 11.0 Å². The van der Waals surface area contributed by atoms with Crippen molar-refractivity contribution in [1.29, 1.82) is 0 Å². The smallest absolute Gasteiger partial charge is 0.232 e. The predicted octanol–water partition coefficient (Wildman–Crippen LogP) is 4.93. The van der Waals surface area contributed by atoms with Gasteiger partial charge in [-0.25, -0.2) is 0 Å². The largest absolute Gasteiger partial charge is 0.461 e. The van der Waals surface area contributed by atoms with E-state index in [2.05, 4.69) is 18.3 Å². The molecule has 4 heteroatoms. The number of halogens is 1. The number of carbonyl (C=O) groups excluding carboxylic acids is 1. The minimum Gasteiger partial charge on any atom is -0.461 e. The number of para-hydroxylation sites is 1. The number of furan rings is 1. The number of carbonyl (C=O) groups is 1. The van der Waals surface area contributed by atoms with Crippen LogP contribution in [-0.4, -0.2) is 5.91 Å². The molecule has 2 heterocycles. The van der Waals surface area contributed by atoms with E-state index in [-0.39, 0.29) is 11.8 Å². The molecule has 0 bridgehead atoms. The first-order valence-electron chi connectivity index (χ1n) is 7.77. The first kappa shape index (κ1) is 14.3. The number of aryl methyl sites for hydroxylation is 1. The molecule has 1 aliphatic rings. The summed E-state index contributed by atoms with van der Waals surface area (Å²) < 4.78 is 5.95. The number of benzene rings is 2. The lowest BCUT2D eigenvalue weighted by atomic mass is 9.91. The highest BCUT2D eigenvalue weighted by molar-refractivity contribution is 6.31. The van der Waals surface area contributed by atoms with Crippen molar-refractivity contribution in [3.63, 3.8) is 0 Å². The summed E-state index contributed by atoms with van der Waals surface area (Å²) in [6, 6.07) is 13.5. The van der Waals surface area contributed by atoms with Crippen molar-refractivity contribution in [1.82, 2.24) is 0 Å². The Hall–Kier alpha value is -2.26. The van der Waals surface area contributed by atoms with Crippen molar-refractivity contribution in [2.45, 2.75) is 25.7 Å². The van der Waals surface area contributed by atoms with Crippen molar-refractivity contribution in [3.05, 3.63) is 64.4 Å². The molecule has 0 saturated heterocycles. The molecule has 1 amide bonds. The highest BCUT2D eigenvalue weighted by atomic mass is 35.5. The van der Waals surface area contributed by atoms with Crippen molar-refractivity contribution in [3.8, 4) is 0 Å². The minimum atomic E-state index is -0.227. The van der Waals surface area contributed by atoms with Crippen LogP contribution in [0.15, 0.2) is 46.9 Å². The first-order chi connectivity index (χ1) is 11.2. The molecule has 3 nitrogen and oxygen atoms in total. The zero-order valence-electron chi connectivity index (χ0n) is 12.7. The van der Waals surface area contributed by atoms with Gasteiger partial charge in [0.1, 0.15) is 11.3 Å². The van der Waals surface area contributed by atoms with Gasteiger partial charge in [0, 0.05) is 28.1 Å². The Balaban J connectivity index is 1.80. The van der Waals surface area contributed by atoms with Gasteiger partial charge in [-0.05, 0) is 36.2 Å².